The highest BCUT2D eigenvalue weighted by atomic mass is 19.1. The smallest absolute Gasteiger partial charge is 0.329 e. The molecule has 1 fully saturated rings. The standard InChI is InChI=1S/C28H28F2N6O4/c1-2-40-27(38)22(14-17-5-8-19(37)9-6-17)32-28(39)33-23-16-31-36-13-11-25(34-26(23)36)35-12-3-4-24(35)20-15-18(29)7-10-21(20)30/h5-11,13,15-16,22,24,37H,2-4,12,14H2,1H3,(H2,32,33,39)/t22-,24+/m0/s1. The molecule has 4 aromatic rings. The Bertz CT molecular complexity index is 1530. The number of amides is 2. The molecule has 10 nitrogen and oxygen atoms in total. The van der Waals surface area contributed by atoms with Gasteiger partial charge in [0.1, 0.15) is 34.9 Å². The van der Waals surface area contributed by atoms with E-state index in [9.17, 15) is 23.5 Å². The Kier molecular flexibility index (Phi) is 7.76. The number of aromatic nitrogens is 3. The van der Waals surface area contributed by atoms with Crippen LogP contribution in [-0.2, 0) is 16.0 Å². The molecule has 5 rings (SSSR count). The molecule has 1 aliphatic heterocycles. The number of nitrogens with zero attached hydrogens (tertiary/aromatic N) is 4. The number of rotatable bonds is 8. The summed E-state index contributed by atoms with van der Waals surface area (Å²) >= 11 is 0. The summed E-state index contributed by atoms with van der Waals surface area (Å²) in [6, 6.07) is 9.41. The number of fused-ring (bicyclic) bond motifs is 1. The van der Waals surface area contributed by atoms with Gasteiger partial charge in [0.15, 0.2) is 5.65 Å². The highest BCUT2D eigenvalue weighted by Crippen LogP contribution is 2.37. The lowest BCUT2D eigenvalue weighted by atomic mass is 10.0. The van der Waals surface area contributed by atoms with E-state index in [0.717, 1.165) is 18.6 Å². The van der Waals surface area contributed by atoms with Crippen LogP contribution in [0.25, 0.3) is 5.65 Å². The topological polar surface area (TPSA) is 121 Å². The van der Waals surface area contributed by atoms with Crippen LogP contribution in [0.4, 0.5) is 25.1 Å². The van der Waals surface area contributed by atoms with Crippen LogP contribution in [-0.4, -0.2) is 50.9 Å². The molecule has 0 unspecified atom stereocenters. The summed E-state index contributed by atoms with van der Waals surface area (Å²) in [5, 5.41) is 19.1. The third-order valence-corrected chi connectivity index (χ3v) is 6.72. The number of ether oxygens (including phenoxy) is 1. The van der Waals surface area contributed by atoms with E-state index >= 15 is 0 Å². The number of aromatic hydroxyl groups is 1. The maximum absolute atomic E-state index is 14.6. The van der Waals surface area contributed by atoms with E-state index < -0.39 is 35.7 Å². The van der Waals surface area contributed by atoms with Gasteiger partial charge in [0.2, 0.25) is 0 Å². The van der Waals surface area contributed by atoms with Gasteiger partial charge >= 0.3 is 12.0 Å². The molecule has 2 aromatic heterocycles. The second kappa shape index (κ2) is 11.6. The van der Waals surface area contributed by atoms with Gasteiger partial charge in [-0.25, -0.2) is 27.9 Å². The van der Waals surface area contributed by atoms with Crippen molar-refractivity contribution in [2.24, 2.45) is 0 Å². The van der Waals surface area contributed by atoms with Gasteiger partial charge in [0.05, 0.1) is 18.8 Å². The fourth-order valence-electron chi connectivity index (χ4n) is 4.86. The van der Waals surface area contributed by atoms with E-state index in [1.54, 1.807) is 31.3 Å². The number of urea groups is 1. The number of phenols is 1. The number of hydrogen-bond acceptors (Lipinski definition) is 7. The van der Waals surface area contributed by atoms with Crippen molar-refractivity contribution in [1.82, 2.24) is 19.9 Å². The molecule has 0 radical (unpaired) electrons. The fourth-order valence-corrected chi connectivity index (χ4v) is 4.86. The Morgan fingerprint density at radius 3 is 2.75 bits per heavy atom. The summed E-state index contributed by atoms with van der Waals surface area (Å²) < 4.78 is 35.1. The SMILES string of the molecule is CCOC(=O)[C@H](Cc1ccc(O)cc1)NC(=O)Nc1cnn2ccc(N3CCC[C@@H]3c3cc(F)ccc3F)nc12. The van der Waals surface area contributed by atoms with Crippen LogP contribution in [0.2, 0.25) is 0 Å². The molecule has 208 valence electrons. The molecule has 40 heavy (non-hydrogen) atoms. The zero-order chi connectivity index (χ0) is 28.2. The quantitative estimate of drug-likeness (QED) is 0.279. The number of nitrogens with one attached hydrogen (secondary N) is 2. The summed E-state index contributed by atoms with van der Waals surface area (Å²) in [7, 11) is 0. The molecule has 3 N–H and O–H groups in total. The van der Waals surface area contributed by atoms with Gasteiger partial charge in [-0.05, 0) is 61.7 Å². The van der Waals surface area contributed by atoms with Crippen LogP contribution >= 0.6 is 0 Å². The van der Waals surface area contributed by atoms with Gasteiger partial charge in [-0.2, -0.15) is 5.10 Å². The summed E-state index contributed by atoms with van der Waals surface area (Å²) in [5.41, 5.74) is 1.61. The fraction of sp³-hybridized carbons (Fsp3) is 0.286. The van der Waals surface area contributed by atoms with Gasteiger partial charge in [0.25, 0.3) is 0 Å². The Balaban J connectivity index is 1.35. The maximum Gasteiger partial charge on any atom is 0.329 e. The van der Waals surface area contributed by atoms with Gasteiger partial charge in [-0.15, -0.1) is 0 Å². The molecule has 0 bridgehead atoms. The molecule has 0 saturated carbocycles. The van der Waals surface area contributed by atoms with Crippen molar-refractivity contribution in [3.05, 3.63) is 83.7 Å². The van der Waals surface area contributed by atoms with Crippen LogP contribution in [0, 0.1) is 11.6 Å². The zero-order valence-corrected chi connectivity index (χ0v) is 21.7. The Morgan fingerprint density at radius 2 is 1.98 bits per heavy atom. The molecule has 0 aliphatic carbocycles. The van der Waals surface area contributed by atoms with Crippen molar-refractivity contribution in [3.63, 3.8) is 0 Å². The molecule has 0 spiro atoms. The maximum atomic E-state index is 14.6. The molecule has 2 atom stereocenters. The molecule has 2 aromatic carbocycles. The van der Waals surface area contributed by atoms with E-state index in [4.69, 9.17) is 4.74 Å². The zero-order valence-electron chi connectivity index (χ0n) is 21.7. The van der Waals surface area contributed by atoms with Crippen LogP contribution < -0.4 is 15.5 Å². The molecule has 1 aliphatic rings. The number of carbonyl (C=O) groups is 2. The molecular formula is C28H28F2N6O4. The first kappa shape index (κ1) is 26.9. The predicted molar refractivity (Wildman–Crippen MR) is 143 cm³/mol. The summed E-state index contributed by atoms with van der Waals surface area (Å²) in [6.45, 7) is 2.41. The van der Waals surface area contributed by atoms with Crippen LogP contribution in [0.1, 0.15) is 36.9 Å². The van der Waals surface area contributed by atoms with Crippen LogP contribution in [0.3, 0.4) is 0 Å². The monoisotopic (exact) mass is 550 g/mol. The minimum atomic E-state index is -0.985. The van der Waals surface area contributed by atoms with E-state index in [-0.39, 0.29) is 24.3 Å². The van der Waals surface area contributed by atoms with Crippen LogP contribution in [0.15, 0.2) is 60.9 Å². The summed E-state index contributed by atoms with van der Waals surface area (Å²) in [4.78, 5) is 32.1. The number of benzene rings is 2. The highest BCUT2D eigenvalue weighted by Gasteiger charge is 2.30. The third-order valence-electron chi connectivity index (χ3n) is 6.72. The first-order valence-electron chi connectivity index (χ1n) is 12.9. The lowest BCUT2D eigenvalue weighted by molar-refractivity contribution is -0.145. The average Bonchev–Trinajstić information content (AvgIpc) is 3.58. The van der Waals surface area contributed by atoms with Crippen molar-refractivity contribution >= 4 is 29.2 Å². The van der Waals surface area contributed by atoms with Crippen molar-refractivity contribution in [1.29, 1.82) is 0 Å². The minimum Gasteiger partial charge on any atom is -0.508 e. The second-order valence-electron chi connectivity index (χ2n) is 9.40. The van der Waals surface area contributed by atoms with E-state index in [2.05, 4.69) is 20.7 Å². The summed E-state index contributed by atoms with van der Waals surface area (Å²) in [5.74, 6) is -0.976. The number of hydrogen-bond donors (Lipinski definition) is 3. The molecule has 2 amide bonds. The Hall–Kier alpha value is -4.74. The number of phenolic OH excluding ortho intramolecular Hbond substituents is 1. The van der Waals surface area contributed by atoms with Gasteiger partial charge in [-0.3, -0.25) is 0 Å². The largest absolute Gasteiger partial charge is 0.508 e. The molecule has 3 heterocycles. The first-order valence-corrected chi connectivity index (χ1v) is 12.9. The van der Waals surface area contributed by atoms with Crippen molar-refractivity contribution in [2.45, 2.75) is 38.3 Å². The van der Waals surface area contributed by atoms with Crippen molar-refractivity contribution in [2.75, 3.05) is 23.4 Å². The van der Waals surface area contributed by atoms with E-state index in [0.29, 0.717) is 35.7 Å². The molecule has 1 saturated heterocycles. The van der Waals surface area contributed by atoms with E-state index in [1.165, 1.54) is 28.9 Å². The van der Waals surface area contributed by atoms with Crippen molar-refractivity contribution in [3.8, 4) is 5.75 Å². The average molecular weight is 551 g/mol. The number of anilines is 2. The molecule has 12 heteroatoms. The highest BCUT2D eigenvalue weighted by molar-refractivity contribution is 5.95. The predicted octanol–water partition coefficient (Wildman–Crippen LogP) is 4.35. The lowest BCUT2D eigenvalue weighted by Crippen LogP contribution is -2.45. The minimum absolute atomic E-state index is 0.0865. The number of halogens is 2. The van der Waals surface area contributed by atoms with Crippen LogP contribution in [0.5, 0.6) is 5.75 Å². The lowest BCUT2D eigenvalue weighted by Gasteiger charge is -2.26. The third kappa shape index (κ3) is 5.80. The number of carbonyl (C=O) groups excluding carboxylic acids is 2. The first-order chi connectivity index (χ1) is 19.3. The Labute approximate surface area is 228 Å². The molecular weight excluding hydrogens is 522 g/mol. The van der Waals surface area contributed by atoms with Gasteiger partial charge < -0.3 is 25.4 Å². The van der Waals surface area contributed by atoms with E-state index in [1.807, 2.05) is 4.90 Å². The van der Waals surface area contributed by atoms with Gasteiger partial charge in [-0.1, -0.05) is 12.1 Å². The van der Waals surface area contributed by atoms with Crippen molar-refractivity contribution < 1.29 is 28.2 Å². The normalized spacial score (nSPS) is 15.7. The second-order valence-corrected chi connectivity index (χ2v) is 9.40. The Morgan fingerprint density at radius 1 is 1.18 bits per heavy atom. The number of esters is 1. The summed E-state index contributed by atoms with van der Waals surface area (Å²) in [6.07, 6.45) is 4.66. The van der Waals surface area contributed by atoms with Gasteiger partial charge in [0, 0.05) is 24.7 Å².